The summed E-state index contributed by atoms with van der Waals surface area (Å²) in [5.41, 5.74) is 1.23. The van der Waals surface area contributed by atoms with Gasteiger partial charge in [-0.2, -0.15) is 0 Å². The van der Waals surface area contributed by atoms with Crippen LogP contribution < -0.4 is 16.1 Å². The van der Waals surface area contributed by atoms with Gasteiger partial charge >= 0.3 is 5.69 Å². The molecule has 3 aromatic rings. The lowest BCUT2D eigenvalue weighted by Crippen LogP contribution is -3.12. The maximum Gasteiger partial charge on any atom is 0.332 e. The molecule has 4 rings (SSSR count). The maximum absolute atomic E-state index is 13.0. The van der Waals surface area contributed by atoms with Crippen molar-refractivity contribution in [2.24, 2.45) is 20.0 Å². The third kappa shape index (κ3) is 3.76. The van der Waals surface area contributed by atoms with E-state index in [-0.39, 0.29) is 11.2 Å². The van der Waals surface area contributed by atoms with Gasteiger partial charge in [-0.3, -0.25) is 13.9 Å². The average molecular weight is 417 g/mol. The highest BCUT2D eigenvalue weighted by molar-refractivity contribution is 6.30. The Hall–Kier alpha value is -2.38. The third-order valence-electron chi connectivity index (χ3n) is 5.93. The minimum Gasteiger partial charge on any atom is -0.328 e. The summed E-state index contributed by atoms with van der Waals surface area (Å²) >= 11 is 6.18. The molecule has 0 spiro atoms. The molecule has 0 bridgehead atoms. The lowest BCUT2D eigenvalue weighted by Gasteiger charge is -2.27. The van der Waals surface area contributed by atoms with Gasteiger partial charge in [-0.1, -0.05) is 30.7 Å². The van der Waals surface area contributed by atoms with Crippen LogP contribution in [0.25, 0.3) is 11.2 Å². The summed E-state index contributed by atoms with van der Waals surface area (Å²) in [7, 11) is 3.18. The molecule has 7 nitrogen and oxygen atoms in total. The Morgan fingerprint density at radius 2 is 2.03 bits per heavy atom. The lowest BCUT2D eigenvalue weighted by molar-refractivity contribution is -0.922. The fraction of sp³-hybridized carbons (Fsp3) is 0.476. The maximum atomic E-state index is 13.0. The first-order chi connectivity index (χ1) is 13.8. The minimum atomic E-state index is -0.361. The first-order valence-electron chi connectivity index (χ1n) is 10.1. The van der Waals surface area contributed by atoms with Gasteiger partial charge in [0.2, 0.25) is 0 Å². The summed E-state index contributed by atoms with van der Waals surface area (Å²) < 4.78 is 4.58. The summed E-state index contributed by atoms with van der Waals surface area (Å²) in [5.74, 6) is 1.52. The Morgan fingerprint density at radius 3 is 2.76 bits per heavy atom. The highest BCUT2D eigenvalue weighted by Gasteiger charge is 2.25. The Bertz CT molecular complexity index is 1180. The van der Waals surface area contributed by atoms with Crippen molar-refractivity contribution in [2.75, 3.05) is 13.1 Å². The van der Waals surface area contributed by atoms with Gasteiger partial charge in [0.1, 0.15) is 6.54 Å². The van der Waals surface area contributed by atoms with Gasteiger partial charge in [0.25, 0.3) is 5.56 Å². The Labute approximate surface area is 174 Å². The van der Waals surface area contributed by atoms with E-state index in [2.05, 4.69) is 6.92 Å². The van der Waals surface area contributed by atoms with Crippen LogP contribution in [-0.2, 0) is 27.2 Å². The number of piperidine rings is 1. The number of hydrogen-bond donors (Lipinski definition) is 1. The van der Waals surface area contributed by atoms with Gasteiger partial charge in [-0.05, 0) is 30.5 Å². The van der Waals surface area contributed by atoms with Crippen LogP contribution in [0.2, 0.25) is 5.02 Å². The molecule has 1 saturated heterocycles. The van der Waals surface area contributed by atoms with Crippen LogP contribution >= 0.6 is 11.6 Å². The van der Waals surface area contributed by atoms with Crippen molar-refractivity contribution in [3.63, 3.8) is 0 Å². The summed E-state index contributed by atoms with van der Waals surface area (Å²) in [6, 6.07) is 7.63. The molecule has 154 valence electrons. The summed E-state index contributed by atoms with van der Waals surface area (Å²) in [6.07, 6.45) is 2.46. The topological polar surface area (TPSA) is 66.3 Å². The van der Waals surface area contributed by atoms with Crippen LogP contribution in [0.15, 0.2) is 33.9 Å². The van der Waals surface area contributed by atoms with E-state index in [0.29, 0.717) is 28.6 Å². The number of aryl methyl sites for hydroxylation is 1. The van der Waals surface area contributed by atoms with Crippen LogP contribution in [0.3, 0.4) is 0 Å². The number of benzene rings is 1. The van der Waals surface area contributed by atoms with Crippen LogP contribution in [0, 0.1) is 5.92 Å². The molecule has 1 aliphatic rings. The second kappa shape index (κ2) is 7.80. The third-order valence-corrected chi connectivity index (χ3v) is 6.16. The van der Waals surface area contributed by atoms with E-state index >= 15 is 0 Å². The average Bonchev–Trinajstić information content (AvgIpc) is 3.03. The molecular formula is C21H27ClN5O2+. The van der Waals surface area contributed by atoms with Crippen molar-refractivity contribution in [3.05, 3.63) is 61.5 Å². The molecule has 0 saturated carbocycles. The second-order valence-corrected chi connectivity index (χ2v) is 8.69. The Morgan fingerprint density at radius 1 is 1.24 bits per heavy atom. The number of nitrogens with zero attached hydrogens (tertiary/aromatic N) is 4. The van der Waals surface area contributed by atoms with E-state index in [1.54, 1.807) is 7.05 Å². The van der Waals surface area contributed by atoms with Crippen molar-refractivity contribution < 1.29 is 4.90 Å². The van der Waals surface area contributed by atoms with E-state index in [0.717, 1.165) is 35.6 Å². The number of fused-ring (bicyclic) bond motifs is 1. The summed E-state index contributed by atoms with van der Waals surface area (Å²) in [6.45, 7) is 5.70. The lowest BCUT2D eigenvalue weighted by atomic mass is 10.0. The standard InChI is InChI=1S/C21H26ClN5O2/c1-14-6-5-9-26(11-14)13-17-23-19-18(20(28)25(3)21(29)24(19)2)27(17)12-15-7-4-8-16(22)10-15/h4,7-8,10,14H,5-6,9,11-13H2,1-3H3/p+1/t14-/m0/s1. The highest BCUT2D eigenvalue weighted by atomic mass is 35.5. The zero-order valence-electron chi connectivity index (χ0n) is 17.1. The smallest absolute Gasteiger partial charge is 0.328 e. The van der Waals surface area contributed by atoms with Gasteiger partial charge < -0.3 is 9.47 Å². The largest absolute Gasteiger partial charge is 0.332 e. The number of rotatable bonds is 4. The molecule has 1 unspecified atom stereocenters. The number of quaternary nitrogens is 1. The Balaban J connectivity index is 1.86. The van der Waals surface area contributed by atoms with Crippen molar-refractivity contribution in [1.82, 2.24) is 18.7 Å². The quantitative estimate of drug-likeness (QED) is 0.688. The SMILES string of the molecule is C[C@H]1CCC[NH+](Cc2nc3c(c(=O)n(C)c(=O)n3C)n2Cc2cccc(Cl)c2)C1. The zero-order chi connectivity index (χ0) is 20.7. The molecule has 1 aliphatic heterocycles. The van der Waals surface area contributed by atoms with Crippen molar-refractivity contribution >= 4 is 22.8 Å². The molecule has 2 atom stereocenters. The van der Waals surface area contributed by atoms with Crippen LogP contribution in [0.5, 0.6) is 0 Å². The van der Waals surface area contributed by atoms with Gasteiger partial charge in [0.15, 0.2) is 17.0 Å². The van der Waals surface area contributed by atoms with E-state index < -0.39 is 0 Å². The molecule has 0 amide bonds. The fourth-order valence-corrected chi connectivity index (χ4v) is 4.61. The zero-order valence-corrected chi connectivity index (χ0v) is 17.9. The predicted molar refractivity (Wildman–Crippen MR) is 114 cm³/mol. The molecule has 0 radical (unpaired) electrons. The number of imidazole rings is 1. The van der Waals surface area contributed by atoms with Gasteiger partial charge in [0.05, 0.1) is 13.1 Å². The molecule has 29 heavy (non-hydrogen) atoms. The van der Waals surface area contributed by atoms with E-state index in [9.17, 15) is 9.59 Å². The van der Waals surface area contributed by atoms with Crippen LogP contribution in [-0.4, -0.2) is 31.8 Å². The van der Waals surface area contributed by atoms with Gasteiger partial charge in [-0.25, -0.2) is 9.78 Å². The monoisotopic (exact) mass is 416 g/mol. The number of hydrogen-bond acceptors (Lipinski definition) is 3. The van der Waals surface area contributed by atoms with Crippen LogP contribution in [0.1, 0.15) is 31.2 Å². The molecular weight excluding hydrogens is 390 g/mol. The second-order valence-electron chi connectivity index (χ2n) is 8.25. The molecule has 2 aromatic heterocycles. The van der Waals surface area contributed by atoms with Gasteiger partial charge in [-0.15, -0.1) is 0 Å². The summed E-state index contributed by atoms with van der Waals surface area (Å²) in [5, 5.41) is 0.657. The molecule has 1 N–H and O–H groups in total. The first kappa shape index (κ1) is 19.9. The molecule has 8 heteroatoms. The Kier molecular flexibility index (Phi) is 5.36. The molecule has 3 heterocycles. The number of halogens is 1. The fourth-order valence-electron chi connectivity index (χ4n) is 4.40. The highest BCUT2D eigenvalue weighted by Crippen LogP contribution is 2.17. The van der Waals surface area contributed by atoms with Crippen molar-refractivity contribution in [2.45, 2.75) is 32.9 Å². The summed E-state index contributed by atoms with van der Waals surface area (Å²) in [4.78, 5) is 31.6. The molecule has 0 aliphatic carbocycles. The first-order valence-corrected chi connectivity index (χ1v) is 10.5. The predicted octanol–water partition coefficient (Wildman–Crippen LogP) is 0.950. The van der Waals surface area contributed by atoms with Crippen LogP contribution in [0.4, 0.5) is 0 Å². The number of likely N-dealkylation sites (tertiary alicyclic amines) is 1. The van der Waals surface area contributed by atoms with E-state index in [4.69, 9.17) is 16.6 Å². The normalized spacial score (nSPS) is 19.7. The van der Waals surface area contributed by atoms with E-state index in [1.807, 2.05) is 28.8 Å². The van der Waals surface area contributed by atoms with Crippen molar-refractivity contribution in [1.29, 1.82) is 0 Å². The van der Waals surface area contributed by atoms with Crippen molar-refractivity contribution in [3.8, 4) is 0 Å². The molecule has 1 aromatic carbocycles. The number of nitrogens with one attached hydrogen (secondary N) is 1. The van der Waals surface area contributed by atoms with E-state index in [1.165, 1.54) is 29.4 Å². The minimum absolute atomic E-state index is 0.314. The van der Waals surface area contributed by atoms with Gasteiger partial charge in [0, 0.05) is 31.6 Å². The number of aromatic nitrogens is 4. The molecule has 1 fully saturated rings.